The van der Waals surface area contributed by atoms with Crippen molar-refractivity contribution in [3.05, 3.63) is 30.1 Å². The van der Waals surface area contributed by atoms with E-state index in [4.69, 9.17) is 4.98 Å². The van der Waals surface area contributed by atoms with Gasteiger partial charge >= 0.3 is 0 Å². The van der Waals surface area contributed by atoms with Crippen LogP contribution in [0.1, 0.15) is 32.4 Å². The van der Waals surface area contributed by atoms with Crippen molar-refractivity contribution in [2.24, 2.45) is 5.92 Å². The number of nitrogens with zero attached hydrogens (tertiary/aromatic N) is 3. The lowest BCUT2D eigenvalue weighted by Gasteiger charge is -2.17. The van der Waals surface area contributed by atoms with Gasteiger partial charge in [0, 0.05) is 25.8 Å². The highest BCUT2D eigenvalue weighted by Crippen LogP contribution is 2.28. The smallest absolute Gasteiger partial charge is 0.152 e. The van der Waals surface area contributed by atoms with E-state index < -0.39 is 0 Å². The van der Waals surface area contributed by atoms with Crippen molar-refractivity contribution in [1.82, 2.24) is 14.7 Å². The molecule has 1 N–H and O–H groups in total. The van der Waals surface area contributed by atoms with Gasteiger partial charge in [-0.3, -0.25) is 0 Å². The fourth-order valence-corrected chi connectivity index (χ4v) is 3.05. The zero-order valence-corrected chi connectivity index (χ0v) is 12.5. The molecular formula is C16H24N4. The second kappa shape index (κ2) is 5.83. The average Bonchev–Trinajstić information content (AvgIpc) is 3.09. The minimum absolute atomic E-state index is 0.826. The Labute approximate surface area is 120 Å². The summed E-state index contributed by atoms with van der Waals surface area (Å²) in [6, 6.07) is 6.22. The molecule has 4 heteroatoms. The lowest BCUT2D eigenvalue weighted by molar-refractivity contribution is 0.568. The summed E-state index contributed by atoms with van der Waals surface area (Å²) in [6.07, 6.45) is 4.68. The van der Waals surface area contributed by atoms with E-state index >= 15 is 0 Å². The third kappa shape index (κ3) is 2.40. The van der Waals surface area contributed by atoms with Crippen LogP contribution >= 0.6 is 0 Å². The molecule has 3 rings (SSSR count). The van der Waals surface area contributed by atoms with E-state index in [2.05, 4.69) is 52.9 Å². The second-order valence-electron chi connectivity index (χ2n) is 5.60. The maximum Gasteiger partial charge on any atom is 0.152 e. The van der Waals surface area contributed by atoms with Gasteiger partial charge < -0.3 is 14.6 Å². The third-order valence-electron chi connectivity index (χ3n) is 4.31. The van der Waals surface area contributed by atoms with E-state index in [9.17, 15) is 0 Å². The first-order chi connectivity index (χ1) is 9.83. The lowest BCUT2D eigenvalue weighted by atomic mass is 10.1. The van der Waals surface area contributed by atoms with Crippen LogP contribution < -0.4 is 10.2 Å². The van der Waals surface area contributed by atoms with Crippen molar-refractivity contribution in [2.45, 2.75) is 33.2 Å². The van der Waals surface area contributed by atoms with E-state index in [0.29, 0.717) is 0 Å². The van der Waals surface area contributed by atoms with Crippen LogP contribution in [0.3, 0.4) is 0 Å². The first-order valence-electron chi connectivity index (χ1n) is 7.75. The molecule has 108 valence electrons. The SMILES string of the molecule is CCNCc1c(N2CCC(CC)C2)nc2ccccn12. The molecular weight excluding hydrogens is 248 g/mol. The Balaban J connectivity index is 1.96. The van der Waals surface area contributed by atoms with Gasteiger partial charge in [0.1, 0.15) is 5.65 Å². The van der Waals surface area contributed by atoms with E-state index in [1.807, 2.05) is 0 Å². The van der Waals surface area contributed by atoms with Crippen LogP contribution in [-0.2, 0) is 6.54 Å². The zero-order chi connectivity index (χ0) is 13.9. The Hall–Kier alpha value is -1.55. The highest BCUT2D eigenvalue weighted by Gasteiger charge is 2.25. The molecule has 2 aromatic rings. The van der Waals surface area contributed by atoms with Gasteiger partial charge in [0.25, 0.3) is 0 Å². The first kappa shape index (κ1) is 13.4. The molecule has 1 atom stereocenters. The highest BCUT2D eigenvalue weighted by atomic mass is 15.2. The van der Waals surface area contributed by atoms with Crippen molar-refractivity contribution >= 4 is 11.5 Å². The molecule has 20 heavy (non-hydrogen) atoms. The van der Waals surface area contributed by atoms with Gasteiger partial charge in [0.2, 0.25) is 0 Å². The molecule has 3 heterocycles. The molecule has 1 saturated heterocycles. The molecule has 1 unspecified atom stereocenters. The van der Waals surface area contributed by atoms with Crippen molar-refractivity contribution in [2.75, 3.05) is 24.5 Å². The molecule has 4 nitrogen and oxygen atoms in total. The predicted molar refractivity (Wildman–Crippen MR) is 83.2 cm³/mol. The van der Waals surface area contributed by atoms with Gasteiger partial charge in [0.05, 0.1) is 5.69 Å². The van der Waals surface area contributed by atoms with Crippen LogP contribution in [0.4, 0.5) is 5.82 Å². The quantitative estimate of drug-likeness (QED) is 0.908. The minimum atomic E-state index is 0.826. The number of anilines is 1. The molecule has 0 spiro atoms. The van der Waals surface area contributed by atoms with E-state index in [-0.39, 0.29) is 0 Å². The maximum absolute atomic E-state index is 4.87. The molecule has 0 amide bonds. The fourth-order valence-electron chi connectivity index (χ4n) is 3.05. The molecule has 0 aliphatic carbocycles. The summed E-state index contributed by atoms with van der Waals surface area (Å²) in [5, 5.41) is 3.44. The van der Waals surface area contributed by atoms with Crippen molar-refractivity contribution < 1.29 is 0 Å². The monoisotopic (exact) mass is 272 g/mol. The number of pyridine rings is 1. The third-order valence-corrected chi connectivity index (χ3v) is 4.31. The zero-order valence-electron chi connectivity index (χ0n) is 12.5. The van der Waals surface area contributed by atoms with E-state index in [1.165, 1.54) is 24.4 Å². The van der Waals surface area contributed by atoms with Crippen molar-refractivity contribution in [3.8, 4) is 0 Å². The molecule has 1 aliphatic heterocycles. The predicted octanol–water partition coefficient (Wildman–Crippen LogP) is 2.68. The Morgan fingerprint density at radius 2 is 2.25 bits per heavy atom. The largest absolute Gasteiger partial charge is 0.355 e. The van der Waals surface area contributed by atoms with Gasteiger partial charge in [-0.05, 0) is 31.0 Å². The maximum atomic E-state index is 4.87. The van der Waals surface area contributed by atoms with Crippen LogP contribution in [-0.4, -0.2) is 29.0 Å². The Bertz CT molecular complexity index is 575. The summed E-state index contributed by atoms with van der Waals surface area (Å²) in [5.41, 5.74) is 2.34. The molecule has 0 bridgehead atoms. The van der Waals surface area contributed by atoms with E-state index in [1.54, 1.807) is 0 Å². The van der Waals surface area contributed by atoms with Gasteiger partial charge in [-0.1, -0.05) is 26.3 Å². The number of nitrogens with one attached hydrogen (secondary N) is 1. The van der Waals surface area contributed by atoms with Gasteiger partial charge in [-0.15, -0.1) is 0 Å². The van der Waals surface area contributed by atoms with E-state index in [0.717, 1.165) is 37.7 Å². The lowest BCUT2D eigenvalue weighted by Crippen LogP contribution is -2.23. The summed E-state index contributed by atoms with van der Waals surface area (Å²) in [7, 11) is 0. The fraction of sp³-hybridized carbons (Fsp3) is 0.562. The molecule has 0 radical (unpaired) electrons. The van der Waals surface area contributed by atoms with Gasteiger partial charge in [-0.2, -0.15) is 0 Å². The second-order valence-corrected chi connectivity index (χ2v) is 5.60. The number of rotatable bonds is 5. The Kier molecular flexibility index (Phi) is 3.92. The van der Waals surface area contributed by atoms with Crippen LogP contribution in [0, 0.1) is 5.92 Å². The number of hydrogen-bond acceptors (Lipinski definition) is 3. The summed E-state index contributed by atoms with van der Waals surface area (Å²) in [4.78, 5) is 7.33. The first-order valence-corrected chi connectivity index (χ1v) is 7.75. The van der Waals surface area contributed by atoms with Crippen LogP contribution in [0.2, 0.25) is 0 Å². The molecule has 0 aromatic carbocycles. The molecule has 1 aliphatic rings. The Morgan fingerprint density at radius 3 is 3.00 bits per heavy atom. The van der Waals surface area contributed by atoms with Gasteiger partial charge in [0.15, 0.2) is 5.82 Å². The van der Waals surface area contributed by atoms with Crippen molar-refractivity contribution in [3.63, 3.8) is 0 Å². The van der Waals surface area contributed by atoms with Crippen LogP contribution in [0.25, 0.3) is 5.65 Å². The topological polar surface area (TPSA) is 32.6 Å². The highest BCUT2D eigenvalue weighted by molar-refractivity contribution is 5.56. The molecule has 2 aromatic heterocycles. The molecule has 0 saturated carbocycles. The van der Waals surface area contributed by atoms with Gasteiger partial charge in [-0.25, -0.2) is 4.98 Å². The summed E-state index contributed by atoms with van der Waals surface area (Å²) in [5.74, 6) is 2.00. The summed E-state index contributed by atoms with van der Waals surface area (Å²) < 4.78 is 2.22. The normalized spacial score (nSPS) is 19.1. The van der Waals surface area contributed by atoms with Crippen molar-refractivity contribution in [1.29, 1.82) is 0 Å². The number of hydrogen-bond donors (Lipinski definition) is 1. The number of fused-ring (bicyclic) bond motifs is 1. The standard InChI is InChI=1S/C16H24N4/c1-3-13-8-10-19(12-13)16-14(11-17-4-2)20-9-6-5-7-15(20)18-16/h5-7,9,13,17H,3-4,8,10-12H2,1-2H3. The Morgan fingerprint density at radius 1 is 1.35 bits per heavy atom. The summed E-state index contributed by atoms with van der Waals surface area (Å²) >= 11 is 0. The van der Waals surface area contributed by atoms with Crippen LogP contribution in [0.5, 0.6) is 0 Å². The number of imidazole rings is 1. The molecule has 1 fully saturated rings. The summed E-state index contributed by atoms with van der Waals surface area (Å²) in [6.45, 7) is 8.59. The number of aromatic nitrogens is 2. The average molecular weight is 272 g/mol. The minimum Gasteiger partial charge on any atom is -0.355 e. The van der Waals surface area contributed by atoms with Crippen LogP contribution in [0.15, 0.2) is 24.4 Å².